The van der Waals surface area contributed by atoms with Crippen LogP contribution in [0.2, 0.25) is 0 Å². The van der Waals surface area contributed by atoms with E-state index in [0.29, 0.717) is 29.2 Å². The van der Waals surface area contributed by atoms with Gasteiger partial charge in [0.25, 0.3) is 5.56 Å². The Morgan fingerprint density at radius 2 is 1.85 bits per heavy atom. The molecule has 0 unspecified atom stereocenters. The van der Waals surface area contributed by atoms with Crippen molar-refractivity contribution < 1.29 is 8.83 Å². The number of aromatic nitrogens is 5. The minimum absolute atomic E-state index is 0.236. The van der Waals surface area contributed by atoms with Gasteiger partial charge in [0.05, 0.1) is 24.1 Å². The van der Waals surface area contributed by atoms with Crippen molar-refractivity contribution in [3.63, 3.8) is 0 Å². The lowest BCUT2D eigenvalue weighted by molar-refractivity contribution is 0.534. The van der Waals surface area contributed by atoms with Gasteiger partial charge in [0.15, 0.2) is 11.0 Å². The second-order valence-corrected chi connectivity index (χ2v) is 8.79. The number of benzene rings is 2. The first kappa shape index (κ1) is 20.5. The Labute approximate surface area is 197 Å². The first-order chi connectivity index (χ1) is 16.7. The van der Waals surface area contributed by atoms with E-state index in [9.17, 15) is 4.79 Å². The highest BCUT2D eigenvalue weighted by atomic mass is 32.2. The van der Waals surface area contributed by atoms with Crippen LogP contribution in [0.15, 0.2) is 85.7 Å². The number of aryl methyl sites for hydroxylation is 1. The normalized spacial score (nSPS) is 11.6. The molecule has 0 atom stereocenters. The van der Waals surface area contributed by atoms with Crippen LogP contribution in [0.5, 0.6) is 0 Å². The monoisotopic (exact) mass is 469 g/mol. The average molecular weight is 470 g/mol. The van der Waals surface area contributed by atoms with Crippen LogP contribution in [0.25, 0.3) is 33.5 Å². The molecule has 0 saturated heterocycles. The molecule has 0 aliphatic carbocycles. The quantitative estimate of drug-likeness (QED) is 0.336. The van der Waals surface area contributed by atoms with E-state index >= 15 is 0 Å². The van der Waals surface area contributed by atoms with Gasteiger partial charge in [-0.15, -0.1) is 10.2 Å². The summed E-state index contributed by atoms with van der Waals surface area (Å²) in [6.45, 7) is 2.51. The summed E-state index contributed by atoms with van der Waals surface area (Å²) in [6.07, 6.45) is 1.65. The Bertz CT molecular complexity index is 1680. The van der Waals surface area contributed by atoms with Crippen molar-refractivity contribution in [2.75, 3.05) is 0 Å². The summed E-state index contributed by atoms with van der Waals surface area (Å²) in [5.41, 5.74) is 3.17. The molecule has 0 bridgehead atoms. The molecule has 0 aliphatic heterocycles. The van der Waals surface area contributed by atoms with Gasteiger partial charge in [0.2, 0.25) is 5.58 Å². The zero-order valence-electron chi connectivity index (χ0n) is 18.2. The first-order valence-electron chi connectivity index (χ1n) is 10.7. The maximum absolute atomic E-state index is 12.6. The van der Waals surface area contributed by atoms with Gasteiger partial charge in [-0.25, -0.2) is 4.98 Å². The maximum atomic E-state index is 12.6. The fourth-order valence-electron chi connectivity index (χ4n) is 3.97. The molecule has 0 amide bonds. The summed E-state index contributed by atoms with van der Waals surface area (Å²) >= 11 is 1.46. The Kier molecular flexibility index (Phi) is 5.03. The summed E-state index contributed by atoms with van der Waals surface area (Å²) in [5, 5.41) is 10.4. The van der Waals surface area contributed by atoms with E-state index in [1.54, 1.807) is 6.26 Å². The highest BCUT2D eigenvalue weighted by Gasteiger charge is 2.19. The number of H-pyrrole nitrogens is 1. The minimum atomic E-state index is -0.294. The summed E-state index contributed by atoms with van der Waals surface area (Å²) in [5.74, 6) is 2.48. The Hall–Kier alpha value is -4.11. The second kappa shape index (κ2) is 8.35. The molecular weight excluding hydrogens is 450 g/mol. The molecule has 1 N–H and O–H groups in total. The van der Waals surface area contributed by atoms with E-state index in [0.717, 1.165) is 33.3 Å². The van der Waals surface area contributed by atoms with Crippen LogP contribution < -0.4 is 5.56 Å². The molecule has 0 fully saturated rings. The topological polar surface area (TPSA) is 103 Å². The average Bonchev–Trinajstić information content (AvgIpc) is 3.56. The lowest BCUT2D eigenvalue weighted by Crippen LogP contribution is -2.10. The molecule has 8 nitrogen and oxygen atoms in total. The van der Waals surface area contributed by atoms with Crippen molar-refractivity contribution in [1.29, 1.82) is 0 Å². The van der Waals surface area contributed by atoms with Crippen molar-refractivity contribution in [2.45, 2.75) is 24.4 Å². The van der Waals surface area contributed by atoms with Gasteiger partial charge >= 0.3 is 0 Å². The molecule has 34 heavy (non-hydrogen) atoms. The van der Waals surface area contributed by atoms with Crippen molar-refractivity contribution in [1.82, 2.24) is 24.7 Å². The third kappa shape index (κ3) is 3.60. The lowest BCUT2D eigenvalue weighted by Gasteiger charge is -2.10. The zero-order chi connectivity index (χ0) is 23.1. The van der Waals surface area contributed by atoms with E-state index in [-0.39, 0.29) is 11.1 Å². The third-order valence-electron chi connectivity index (χ3n) is 5.62. The summed E-state index contributed by atoms with van der Waals surface area (Å²) in [6, 6.07) is 19.5. The molecule has 168 valence electrons. The van der Waals surface area contributed by atoms with Gasteiger partial charge < -0.3 is 13.8 Å². The fraction of sp³-hybridized carbons (Fsp3) is 0.120. The standard InChI is InChI=1S/C25H19N5O3S/c1-15-17(11-12-32-15)23-28-29-25(30(23)13-16-7-3-2-4-8-16)34-14-20-26-21-18-9-5-6-10-19(18)33-22(21)24(31)27-20/h2-12H,13-14H2,1H3,(H,26,27,31). The van der Waals surface area contributed by atoms with Gasteiger partial charge in [-0.1, -0.05) is 54.2 Å². The predicted molar refractivity (Wildman–Crippen MR) is 130 cm³/mol. The van der Waals surface area contributed by atoms with Crippen molar-refractivity contribution in [3.8, 4) is 11.4 Å². The van der Waals surface area contributed by atoms with Crippen molar-refractivity contribution in [3.05, 3.63) is 94.4 Å². The van der Waals surface area contributed by atoms with E-state index in [1.165, 1.54) is 11.8 Å². The molecular formula is C25H19N5O3S. The molecule has 9 heteroatoms. The van der Waals surface area contributed by atoms with Crippen LogP contribution in [0, 0.1) is 6.92 Å². The summed E-state index contributed by atoms with van der Waals surface area (Å²) in [4.78, 5) is 20.2. The maximum Gasteiger partial charge on any atom is 0.294 e. The van der Waals surface area contributed by atoms with E-state index < -0.39 is 0 Å². The molecule has 0 radical (unpaired) electrons. The number of para-hydroxylation sites is 1. The zero-order valence-corrected chi connectivity index (χ0v) is 19.0. The number of thioether (sulfide) groups is 1. The predicted octanol–water partition coefficient (Wildman–Crippen LogP) is 5.17. The molecule has 4 heterocycles. The Morgan fingerprint density at radius 3 is 2.68 bits per heavy atom. The largest absolute Gasteiger partial charge is 0.469 e. The van der Waals surface area contributed by atoms with Gasteiger partial charge in [-0.2, -0.15) is 0 Å². The Morgan fingerprint density at radius 1 is 1.03 bits per heavy atom. The highest BCUT2D eigenvalue weighted by molar-refractivity contribution is 7.98. The number of aromatic amines is 1. The number of rotatable bonds is 6. The third-order valence-corrected chi connectivity index (χ3v) is 6.60. The molecule has 0 aliphatic rings. The molecule has 6 aromatic rings. The van der Waals surface area contributed by atoms with Gasteiger partial charge in [-0.3, -0.25) is 9.36 Å². The van der Waals surface area contributed by atoms with Gasteiger partial charge in [0.1, 0.15) is 22.7 Å². The SMILES string of the molecule is Cc1occc1-c1nnc(SCc2nc3c(oc4ccccc43)c(=O)[nH]2)n1Cc1ccccc1. The van der Waals surface area contributed by atoms with Gasteiger partial charge in [-0.05, 0) is 30.7 Å². The van der Waals surface area contributed by atoms with Crippen LogP contribution in [0.4, 0.5) is 0 Å². The first-order valence-corrected chi connectivity index (χ1v) is 11.7. The Balaban J connectivity index is 1.36. The fourth-order valence-corrected chi connectivity index (χ4v) is 4.78. The number of nitrogens with zero attached hydrogens (tertiary/aromatic N) is 4. The molecule has 4 aromatic heterocycles. The smallest absolute Gasteiger partial charge is 0.294 e. The van der Waals surface area contributed by atoms with Crippen LogP contribution in [-0.4, -0.2) is 24.7 Å². The van der Waals surface area contributed by atoms with Gasteiger partial charge in [0, 0.05) is 5.39 Å². The van der Waals surface area contributed by atoms with E-state index in [4.69, 9.17) is 8.83 Å². The van der Waals surface area contributed by atoms with Crippen LogP contribution in [-0.2, 0) is 12.3 Å². The van der Waals surface area contributed by atoms with E-state index in [1.807, 2.05) is 55.5 Å². The van der Waals surface area contributed by atoms with Crippen molar-refractivity contribution in [2.24, 2.45) is 0 Å². The summed E-state index contributed by atoms with van der Waals surface area (Å²) < 4.78 is 13.2. The molecule has 0 saturated carbocycles. The van der Waals surface area contributed by atoms with E-state index in [2.05, 4.69) is 36.9 Å². The van der Waals surface area contributed by atoms with Crippen molar-refractivity contribution >= 4 is 33.8 Å². The summed E-state index contributed by atoms with van der Waals surface area (Å²) in [7, 11) is 0. The number of furan rings is 2. The van der Waals surface area contributed by atoms with Crippen LogP contribution >= 0.6 is 11.8 Å². The van der Waals surface area contributed by atoms with Crippen LogP contribution in [0.1, 0.15) is 17.1 Å². The number of hydrogen-bond acceptors (Lipinski definition) is 7. The second-order valence-electron chi connectivity index (χ2n) is 7.85. The highest BCUT2D eigenvalue weighted by Crippen LogP contribution is 2.30. The lowest BCUT2D eigenvalue weighted by atomic mass is 10.2. The molecule has 0 spiro atoms. The number of hydrogen-bond donors (Lipinski definition) is 1. The molecule has 2 aromatic carbocycles. The molecule has 6 rings (SSSR count). The number of fused-ring (bicyclic) bond motifs is 3. The number of nitrogens with one attached hydrogen (secondary N) is 1. The minimum Gasteiger partial charge on any atom is -0.469 e. The van der Waals surface area contributed by atoms with Crippen LogP contribution in [0.3, 0.4) is 0 Å².